The van der Waals surface area contributed by atoms with Gasteiger partial charge in [0.05, 0.1) is 8.61 Å². The molecule has 0 aliphatic carbocycles. The van der Waals surface area contributed by atoms with Crippen LogP contribution >= 0.6 is 43.2 Å². The Labute approximate surface area is 130 Å². The molecule has 0 fully saturated rings. The summed E-state index contributed by atoms with van der Waals surface area (Å²) in [6.45, 7) is 4.40. The van der Waals surface area contributed by atoms with E-state index in [-0.39, 0.29) is 0 Å². The maximum atomic E-state index is 3.89. The van der Waals surface area contributed by atoms with Crippen molar-refractivity contribution in [1.29, 1.82) is 0 Å². The Morgan fingerprint density at radius 3 is 2.39 bits per heavy atom. The van der Waals surface area contributed by atoms with E-state index in [1.54, 1.807) is 0 Å². The van der Waals surface area contributed by atoms with Gasteiger partial charge in [-0.25, -0.2) is 0 Å². The van der Waals surface area contributed by atoms with Crippen molar-refractivity contribution in [3.63, 3.8) is 0 Å². The second kappa shape index (κ2) is 6.36. The van der Waals surface area contributed by atoms with Crippen molar-refractivity contribution in [2.45, 2.75) is 31.0 Å². The number of alkyl halides is 1. The highest BCUT2D eigenvalue weighted by molar-refractivity contribution is 9.11. The van der Waals surface area contributed by atoms with Gasteiger partial charge < -0.3 is 0 Å². The van der Waals surface area contributed by atoms with E-state index in [4.69, 9.17) is 0 Å². The van der Waals surface area contributed by atoms with Crippen molar-refractivity contribution >= 4 is 43.2 Å². The monoisotopic (exact) mass is 386 g/mol. The minimum Gasteiger partial charge on any atom is -0.132 e. The number of rotatable bonds is 4. The summed E-state index contributed by atoms with van der Waals surface area (Å²) in [5, 5.41) is 0. The van der Waals surface area contributed by atoms with Crippen LogP contribution in [0.1, 0.15) is 40.1 Å². The van der Waals surface area contributed by atoms with Crippen molar-refractivity contribution < 1.29 is 0 Å². The molecule has 0 nitrogen and oxygen atoms in total. The van der Waals surface area contributed by atoms with Gasteiger partial charge in [0.15, 0.2) is 0 Å². The molecule has 2 rings (SSSR count). The van der Waals surface area contributed by atoms with Gasteiger partial charge in [-0.3, -0.25) is 0 Å². The molecule has 96 valence electrons. The maximum Gasteiger partial charge on any atom is 0.0730 e. The molecule has 1 aromatic carbocycles. The first-order valence-corrected chi connectivity index (χ1v) is 8.60. The fourth-order valence-electron chi connectivity index (χ4n) is 2.13. The van der Waals surface area contributed by atoms with E-state index in [1.165, 1.54) is 19.8 Å². The first-order valence-electron chi connectivity index (χ1n) is 6.08. The molecule has 2 aromatic rings. The Balaban J connectivity index is 2.28. The minimum absolute atomic E-state index is 0.389. The molecule has 1 heterocycles. The number of aryl methyl sites for hydroxylation is 1. The van der Waals surface area contributed by atoms with Gasteiger partial charge >= 0.3 is 0 Å². The second-order valence-electron chi connectivity index (χ2n) is 4.43. The zero-order valence-electron chi connectivity index (χ0n) is 10.5. The lowest BCUT2D eigenvalue weighted by molar-refractivity contribution is 0.661. The summed E-state index contributed by atoms with van der Waals surface area (Å²) < 4.78 is 1.24. The Morgan fingerprint density at radius 2 is 1.89 bits per heavy atom. The average Bonchev–Trinajstić information content (AvgIpc) is 2.72. The Morgan fingerprint density at radius 1 is 1.22 bits per heavy atom. The molecule has 0 radical (unpaired) electrons. The number of thiophene rings is 1. The molecular weight excluding hydrogens is 372 g/mol. The second-order valence-corrected chi connectivity index (χ2v) is 7.82. The zero-order chi connectivity index (χ0) is 13.1. The number of hydrogen-bond acceptors (Lipinski definition) is 1. The molecule has 0 aliphatic rings. The third-order valence-corrected chi connectivity index (χ3v) is 6.82. The molecule has 0 saturated carbocycles. The molecule has 0 aliphatic heterocycles. The molecule has 18 heavy (non-hydrogen) atoms. The van der Waals surface area contributed by atoms with E-state index in [1.807, 2.05) is 11.3 Å². The first-order chi connectivity index (χ1) is 8.63. The third-order valence-electron chi connectivity index (χ3n) is 3.17. The molecule has 0 saturated heterocycles. The molecule has 0 N–H and O–H groups in total. The van der Waals surface area contributed by atoms with E-state index in [0.29, 0.717) is 10.7 Å². The van der Waals surface area contributed by atoms with Crippen molar-refractivity contribution in [3.8, 4) is 0 Å². The molecule has 0 spiro atoms. The average molecular weight is 388 g/mol. The summed E-state index contributed by atoms with van der Waals surface area (Å²) in [6.07, 6.45) is 1.13. The quantitative estimate of drug-likeness (QED) is 0.528. The molecule has 2 atom stereocenters. The van der Waals surface area contributed by atoms with Crippen molar-refractivity contribution in [1.82, 2.24) is 0 Å². The summed E-state index contributed by atoms with van der Waals surface area (Å²) in [5.74, 6) is 0.524. The molecule has 3 heteroatoms. The minimum atomic E-state index is 0.389. The van der Waals surface area contributed by atoms with E-state index in [9.17, 15) is 0 Å². The smallest absolute Gasteiger partial charge is 0.0730 e. The molecule has 1 aromatic heterocycles. The number of hydrogen-bond donors (Lipinski definition) is 0. The molecule has 2 unspecified atom stereocenters. The summed E-state index contributed by atoms with van der Waals surface area (Å²) >= 11 is 9.33. The van der Waals surface area contributed by atoms with E-state index < -0.39 is 0 Å². The normalized spacial score (nSPS) is 14.4. The van der Waals surface area contributed by atoms with Crippen LogP contribution in [-0.2, 0) is 0 Å². The topological polar surface area (TPSA) is 0 Å². The predicted octanol–water partition coefficient (Wildman–Crippen LogP) is 6.45. The fraction of sp³-hybridized carbons (Fsp3) is 0.333. The van der Waals surface area contributed by atoms with Crippen molar-refractivity contribution in [3.05, 3.63) is 56.2 Å². The van der Waals surface area contributed by atoms with Gasteiger partial charge in [-0.15, -0.1) is 11.3 Å². The van der Waals surface area contributed by atoms with Crippen molar-refractivity contribution in [2.75, 3.05) is 0 Å². The largest absolute Gasteiger partial charge is 0.132 e. The Hall–Kier alpha value is -0.120. The van der Waals surface area contributed by atoms with E-state index >= 15 is 0 Å². The van der Waals surface area contributed by atoms with E-state index in [2.05, 4.69) is 82.1 Å². The highest BCUT2D eigenvalue weighted by atomic mass is 79.9. The summed E-state index contributed by atoms with van der Waals surface area (Å²) in [6, 6.07) is 13.0. The van der Waals surface area contributed by atoms with Crippen LogP contribution in [0, 0.1) is 6.92 Å². The van der Waals surface area contributed by atoms with Crippen LogP contribution in [0.4, 0.5) is 0 Å². The molecular formula is C15H16Br2S. The Bertz CT molecular complexity index is 485. The van der Waals surface area contributed by atoms with Crippen LogP contribution in [0.2, 0.25) is 0 Å². The Kier molecular flexibility index (Phi) is 5.05. The lowest BCUT2D eigenvalue weighted by atomic mass is 9.92. The summed E-state index contributed by atoms with van der Waals surface area (Å²) in [7, 11) is 0. The van der Waals surface area contributed by atoms with Crippen LogP contribution in [0.15, 0.2) is 40.2 Å². The fourth-order valence-corrected chi connectivity index (χ4v) is 4.84. The molecule has 0 amide bonds. The summed E-state index contributed by atoms with van der Waals surface area (Å²) in [4.78, 5) is 1.79. The summed E-state index contributed by atoms with van der Waals surface area (Å²) in [5.41, 5.74) is 2.73. The van der Waals surface area contributed by atoms with Gasteiger partial charge in [0.25, 0.3) is 0 Å². The van der Waals surface area contributed by atoms with Crippen molar-refractivity contribution in [2.24, 2.45) is 0 Å². The van der Waals surface area contributed by atoms with Gasteiger partial charge in [0.2, 0.25) is 0 Å². The van der Waals surface area contributed by atoms with Crippen LogP contribution in [0.25, 0.3) is 0 Å². The standard InChI is InChI=1S/C15H16Br2S/c1-3-12(11-7-5-4-6-8-11)14(16)13-9-10(2)15(17)18-13/h4-9,12,14H,3H2,1-2H3. The highest BCUT2D eigenvalue weighted by Gasteiger charge is 2.22. The van der Waals surface area contributed by atoms with Gasteiger partial charge in [-0.2, -0.15) is 0 Å². The van der Waals surface area contributed by atoms with Crippen LogP contribution < -0.4 is 0 Å². The maximum absolute atomic E-state index is 3.89. The van der Waals surface area contributed by atoms with E-state index in [0.717, 1.165) is 6.42 Å². The van der Waals surface area contributed by atoms with Crippen LogP contribution in [-0.4, -0.2) is 0 Å². The van der Waals surface area contributed by atoms with Gasteiger partial charge in [0, 0.05) is 10.8 Å². The predicted molar refractivity (Wildman–Crippen MR) is 87.9 cm³/mol. The lowest BCUT2D eigenvalue weighted by Crippen LogP contribution is -2.03. The molecule has 0 bridgehead atoms. The van der Waals surface area contributed by atoms with Crippen LogP contribution in [0.3, 0.4) is 0 Å². The number of halogens is 2. The highest BCUT2D eigenvalue weighted by Crippen LogP contribution is 2.44. The number of benzene rings is 1. The van der Waals surface area contributed by atoms with Gasteiger partial charge in [-0.1, -0.05) is 53.2 Å². The van der Waals surface area contributed by atoms with Gasteiger partial charge in [-0.05, 0) is 46.5 Å². The van der Waals surface area contributed by atoms with Gasteiger partial charge in [0.1, 0.15) is 0 Å². The zero-order valence-corrected chi connectivity index (χ0v) is 14.5. The SMILES string of the molecule is CCC(c1ccccc1)C(Br)c1cc(C)c(Br)s1. The first kappa shape index (κ1) is 14.3. The third kappa shape index (κ3) is 3.06. The van der Waals surface area contributed by atoms with Crippen LogP contribution in [0.5, 0.6) is 0 Å². The lowest BCUT2D eigenvalue weighted by Gasteiger charge is -2.20.